The van der Waals surface area contributed by atoms with E-state index in [0.29, 0.717) is 11.5 Å². The molecule has 0 amide bonds. The van der Waals surface area contributed by atoms with Crippen molar-refractivity contribution in [3.63, 3.8) is 0 Å². The minimum Gasteiger partial charge on any atom is -0.264 e. The zero-order valence-corrected chi connectivity index (χ0v) is 12.3. The van der Waals surface area contributed by atoms with Gasteiger partial charge in [0, 0.05) is 29.7 Å². The quantitative estimate of drug-likeness (QED) is 0.484. The normalized spacial score (nSPS) is 11.5. The van der Waals surface area contributed by atoms with Gasteiger partial charge in [0.1, 0.15) is 5.01 Å². The Morgan fingerprint density at radius 1 is 1.04 bits per heavy atom. The molecule has 5 rings (SSSR count). The Hall–Kier alpha value is -3.27. The average molecular weight is 321 g/mol. The number of fused-ring (bicyclic) bond motifs is 2. The molecule has 10 heteroatoms. The molecule has 0 fully saturated rings. The second-order valence-electron chi connectivity index (χ2n) is 4.76. The fraction of sp³-hybridized carbons (Fsp3) is 0. The zero-order chi connectivity index (χ0) is 15.2. The van der Waals surface area contributed by atoms with Gasteiger partial charge >= 0.3 is 0 Å². The van der Waals surface area contributed by atoms with Gasteiger partial charge in [0.05, 0.1) is 0 Å². The molecule has 5 heterocycles. The molecule has 0 spiro atoms. The predicted octanol–water partition coefficient (Wildman–Crippen LogP) is 1.35. The molecular weight excluding hydrogens is 314 g/mol. The molecule has 0 N–H and O–H groups in total. The van der Waals surface area contributed by atoms with Crippen LogP contribution < -0.4 is 0 Å². The standard InChI is InChI=1S/C13H7N9S/c1-2-9(7-14-4-1)11-16-17-13-22(11)18-12(23-13)8-3-5-21-10(6-8)15-19-20-21/h1-7H. The minimum absolute atomic E-state index is 0.667. The van der Waals surface area contributed by atoms with Gasteiger partial charge in [0.25, 0.3) is 0 Å². The highest BCUT2D eigenvalue weighted by Gasteiger charge is 2.15. The molecule has 9 nitrogen and oxygen atoms in total. The Bertz CT molecular complexity index is 1120. The number of rotatable bonds is 2. The van der Waals surface area contributed by atoms with Gasteiger partial charge in [-0.1, -0.05) is 11.3 Å². The van der Waals surface area contributed by atoms with Crippen molar-refractivity contribution < 1.29 is 0 Å². The summed E-state index contributed by atoms with van der Waals surface area (Å²) in [6.45, 7) is 0. The van der Waals surface area contributed by atoms with E-state index in [0.717, 1.165) is 21.1 Å². The average Bonchev–Trinajstić information content (AvgIpc) is 3.29. The van der Waals surface area contributed by atoms with E-state index in [1.54, 1.807) is 27.6 Å². The van der Waals surface area contributed by atoms with Crippen LogP contribution >= 0.6 is 11.3 Å². The molecule has 0 saturated heterocycles. The molecule has 0 aromatic carbocycles. The molecule has 5 aromatic heterocycles. The zero-order valence-electron chi connectivity index (χ0n) is 11.5. The summed E-state index contributed by atoms with van der Waals surface area (Å²) in [6.07, 6.45) is 5.26. The van der Waals surface area contributed by atoms with Crippen LogP contribution in [0.4, 0.5) is 0 Å². The van der Waals surface area contributed by atoms with E-state index in [9.17, 15) is 0 Å². The molecule has 0 aliphatic carbocycles. The molecule has 110 valence electrons. The van der Waals surface area contributed by atoms with Crippen LogP contribution in [0.25, 0.3) is 32.6 Å². The molecule has 0 aliphatic heterocycles. The summed E-state index contributed by atoms with van der Waals surface area (Å²) in [5.41, 5.74) is 2.47. The third-order valence-corrected chi connectivity index (χ3v) is 4.30. The van der Waals surface area contributed by atoms with Crippen LogP contribution in [-0.2, 0) is 0 Å². The largest absolute Gasteiger partial charge is 0.264 e. The summed E-state index contributed by atoms with van der Waals surface area (Å²) in [5.74, 6) is 0.667. The molecular formula is C13H7N9S. The lowest BCUT2D eigenvalue weighted by Crippen LogP contribution is -1.92. The van der Waals surface area contributed by atoms with Gasteiger partial charge < -0.3 is 0 Å². The smallest absolute Gasteiger partial charge is 0.235 e. The van der Waals surface area contributed by atoms with Crippen molar-refractivity contribution in [3.8, 4) is 22.0 Å². The number of hydrogen-bond acceptors (Lipinski definition) is 8. The van der Waals surface area contributed by atoms with E-state index in [1.165, 1.54) is 11.3 Å². The fourth-order valence-corrected chi connectivity index (χ4v) is 3.12. The fourth-order valence-electron chi connectivity index (χ4n) is 2.28. The monoisotopic (exact) mass is 321 g/mol. The van der Waals surface area contributed by atoms with Crippen molar-refractivity contribution in [3.05, 3.63) is 42.9 Å². The lowest BCUT2D eigenvalue weighted by molar-refractivity contribution is 0.823. The molecule has 0 aliphatic rings. The molecule has 5 aromatic rings. The van der Waals surface area contributed by atoms with Crippen molar-refractivity contribution in [2.45, 2.75) is 0 Å². The molecule has 0 atom stereocenters. The van der Waals surface area contributed by atoms with E-state index in [4.69, 9.17) is 0 Å². The molecule has 0 saturated carbocycles. The minimum atomic E-state index is 0.667. The lowest BCUT2D eigenvalue weighted by Gasteiger charge is -1.96. The lowest BCUT2D eigenvalue weighted by atomic mass is 10.3. The number of aromatic nitrogens is 9. The van der Waals surface area contributed by atoms with Crippen LogP contribution in [0, 0.1) is 0 Å². The highest BCUT2D eigenvalue weighted by Crippen LogP contribution is 2.28. The summed E-state index contributed by atoms with van der Waals surface area (Å²) in [5, 5.41) is 25.2. The highest BCUT2D eigenvalue weighted by atomic mass is 32.1. The Morgan fingerprint density at radius 3 is 2.96 bits per heavy atom. The maximum Gasteiger partial charge on any atom is 0.235 e. The Morgan fingerprint density at radius 2 is 2.04 bits per heavy atom. The SMILES string of the molecule is c1cncc(-c2nnc3sc(-c4ccn5nnnc5c4)nn23)c1. The van der Waals surface area contributed by atoms with E-state index >= 15 is 0 Å². The van der Waals surface area contributed by atoms with Crippen LogP contribution in [-0.4, -0.2) is 44.8 Å². The molecule has 23 heavy (non-hydrogen) atoms. The number of tetrazole rings is 1. The van der Waals surface area contributed by atoms with Gasteiger partial charge in [-0.25, -0.2) is 4.52 Å². The number of pyridine rings is 2. The van der Waals surface area contributed by atoms with Gasteiger partial charge in [0.15, 0.2) is 11.5 Å². The summed E-state index contributed by atoms with van der Waals surface area (Å²) < 4.78 is 3.33. The molecule has 0 bridgehead atoms. The van der Waals surface area contributed by atoms with E-state index < -0.39 is 0 Å². The summed E-state index contributed by atoms with van der Waals surface area (Å²) in [6, 6.07) is 7.58. The van der Waals surface area contributed by atoms with Crippen LogP contribution in [0.1, 0.15) is 0 Å². The van der Waals surface area contributed by atoms with Crippen molar-refractivity contribution in [1.82, 2.24) is 44.8 Å². The second-order valence-corrected chi connectivity index (χ2v) is 5.72. The number of nitrogens with zero attached hydrogens (tertiary/aromatic N) is 9. The maximum atomic E-state index is 4.62. The van der Waals surface area contributed by atoms with Crippen LogP contribution in [0.3, 0.4) is 0 Å². The van der Waals surface area contributed by atoms with Crippen molar-refractivity contribution in [1.29, 1.82) is 0 Å². The predicted molar refractivity (Wildman–Crippen MR) is 81.7 cm³/mol. The van der Waals surface area contributed by atoms with Gasteiger partial charge in [-0.2, -0.15) is 9.61 Å². The van der Waals surface area contributed by atoms with Crippen LogP contribution in [0.5, 0.6) is 0 Å². The first-order chi connectivity index (χ1) is 11.4. The highest BCUT2D eigenvalue weighted by molar-refractivity contribution is 7.19. The van der Waals surface area contributed by atoms with Gasteiger partial charge in [-0.3, -0.25) is 4.98 Å². The van der Waals surface area contributed by atoms with E-state index in [-0.39, 0.29) is 0 Å². The van der Waals surface area contributed by atoms with Crippen molar-refractivity contribution in [2.75, 3.05) is 0 Å². The Balaban J connectivity index is 1.67. The Kier molecular flexibility index (Phi) is 2.46. The maximum absolute atomic E-state index is 4.62. The van der Waals surface area contributed by atoms with Crippen molar-refractivity contribution in [2.24, 2.45) is 0 Å². The summed E-state index contributed by atoms with van der Waals surface area (Å²) in [4.78, 5) is 4.83. The van der Waals surface area contributed by atoms with E-state index in [1.807, 2.05) is 24.3 Å². The van der Waals surface area contributed by atoms with Crippen LogP contribution in [0.15, 0.2) is 42.9 Å². The van der Waals surface area contributed by atoms with E-state index in [2.05, 4.69) is 35.8 Å². The third kappa shape index (κ3) is 1.89. The summed E-state index contributed by atoms with van der Waals surface area (Å²) >= 11 is 1.46. The molecule has 0 unspecified atom stereocenters. The first kappa shape index (κ1) is 12.3. The van der Waals surface area contributed by atoms with Crippen molar-refractivity contribution >= 4 is 21.9 Å². The first-order valence-electron chi connectivity index (χ1n) is 6.69. The first-order valence-corrected chi connectivity index (χ1v) is 7.51. The number of hydrogen-bond donors (Lipinski definition) is 0. The third-order valence-electron chi connectivity index (χ3n) is 3.36. The Labute approximate surface area is 132 Å². The van der Waals surface area contributed by atoms with Crippen LogP contribution in [0.2, 0.25) is 0 Å². The second kappa shape index (κ2) is 4.61. The van der Waals surface area contributed by atoms with Gasteiger partial charge in [-0.15, -0.1) is 15.3 Å². The summed E-state index contributed by atoms with van der Waals surface area (Å²) in [7, 11) is 0. The molecule has 0 radical (unpaired) electrons. The topological polar surface area (TPSA) is 99.0 Å². The van der Waals surface area contributed by atoms with Gasteiger partial charge in [0.2, 0.25) is 4.96 Å². The van der Waals surface area contributed by atoms with Gasteiger partial charge in [-0.05, 0) is 34.7 Å².